The van der Waals surface area contributed by atoms with Crippen LogP contribution >= 0.6 is 0 Å². The van der Waals surface area contributed by atoms with Gasteiger partial charge < -0.3 is 15.3 Å². The number of hydrogen-bond donors (Lipinski definition) is 3. The normalized spacial score (nSPS) is 21.5. The maximum atomic E-state index is 11.8. The zero-order valence-corrected chi connectivity index (χ0v) is 9.90. The first-order valence-electron chi connectivity index (χ1n) is 5.41. The number of carbonyl (C=O) groups is 1. The third kappa shape index (κ3) is 3.26. The van der Waals surface area contributed by atoms with Gasteiger partial charge in [-0.15, -0.1) is 0 Å². The molecule has 0 aliphatic heterocycles. The molecule has 0 rings (SSSR count). The zero-order valence-electron chi connectivity index (χ0n) is 9.90. The predicted molar refractivity (Wildman–Crippen MR) is 57.4 cm³/mol. The largest absolute Gasteiger partial charge is 0.392 e. The molecule has 0 saturated carbocycles. The van der Waals surface area contributed by atoms with Gasteiger partial charge in [0.1, 0.15) is 5.60 Å². The van der Waals surface area contributed by atoms with Crippen molar-refractivity contribution in [3.63, 3.8) is 0 Å². The number of aliphatic hydroxyl groups excluding tert-OH is 2. The Morgan fingerprint density at radius 3 is 2.07 bits per heavy atom. The molecule has 0 heterocycles. The molecule has 0 bridgehead atoms. The second-order valence-electron chi connectivity index (χ2n) is 4.20. The minimum atomic E-state index is -1.77. The molecule has 4 atom stereocenters. The van der Waals surface area contributed by atoms with Gasteiger partial charge in [0.25, 0.3) is 0 Å². The van der Waals surface area contributed by atoms with Gasteiger partial charge in [0, 0.05) is 5.92 Å². The Morgan fingerprint density at radius 1 is 1.27 bits per heavy atom. The van der Waals surface area contributed by atoms with Crippen molar-refractivity contribution < 1.29 is 20.1 Å². The summed E-state index contributed by atoms with van der Waals surface area (Å²) in [5.74, 6) is -1.17. The first-order chi connectivity index (χ1) is 6.78. The van der Waals surface area contributed by atoms with Crippen molar-refractivity contribution >= 4 is 5.78 Å². The first kappa shape index (κ1) is 14.6. The number of rotatable bonds is 6. The zero-order chi connectivity index (χ0) is 12.2. The molecule has 15 heavy (non-hydrogen) atoms. The molecule has 0 aromatic rings. The highest BCUT2D eigenvalue weighted by molar-refractivity contribution is 5.89. The number of carbonyl (C=O) groups excluding carboxylic acids is 1. The van der Waals surface area contributed by atoms with Crippen LogP contribution < -0.4 is 0 Å². The summed E-state index contributed by atoms with van der Waals surface area (Å²) in [6, 6.07) is 0. The van der Waals surface area contributed by atoms with Crippen molar-refractivity contribution in [3.05, 3.63) is 0 Å². The van der Waals surface area contributed by atoms with E-state index in [4.69, 9.17) is 0 Å². The summed E-state index contributed by atoms with van der Waals surface area (Å²) in [4.78, 5) is 11.8. The minimum absolute atomic E-state index is 0.299. The Labute approximate surface area is 90.9 Å². The smallest absolute Gasteiger partial charge is 0.172 e. The molecule has 3 N–H and O–H groups in total. The second kappa shape index (κ2) is 5.58. The maximum Gasteiger partial charge on any atom is 0.172 e. The van der Waals surface area contributed by atoms with E-state index in [1.54, 1.807) is 20.8 Å². The molecular formula is C11H22O4. The summed E-state index contributed by atoms with van der Waals surface area (Å²) >= 11 is 0. The number of aliphatic hydroxyl groups is 3. The van der Waals surface area contributed by atoms with E-state index in [0.29, 0.717) is 12.8 Å². The monoisotopic (exact) mass is 218 g/mol. The van der Waals surface area contributed by atoms with Crippen LogP contribution in [0.2, 0.25) is 0 Å². The topological polar surface area (TPSA) is 77.8 Å². The van der Waals surface area contributed by atoms with Crippen LogP contribution in [0.3, 0.4) is 0 Å². The Kier molecular flexibility index (Phi) is 5.42. The molecule has 0 spiro atoms. The summed E-state index contributed by atoms with van der Waals surface area (Å²) in [5.41, 5.74) is -1.77. The first-order valence-corrected chi connectivity index (χ1v) is 5.41. The molecule has 0 aromatic carbocycles. The summed E-state index contributed by atoms with van der Waals surface area (Å²) in [6.45, 7) is 6.31. The maximum absolute atomic E-state index is 11.8. The molecule has 0 radical (unpaired) electrons. The van der Waals surface area contributed by atoms with Gasteiger partial charge in [-0.3, -0.25) is 4.79 Å². The molecule has 0 aliphatic rings. The predicted octanol–water partition coefficient (Wildman–Crippen LogP) is 0.484. The molecular weight excluding hydrogens is 196 g/mol. The van der Waals surface area contributed by atoms with Gasteiger partial charge in [-0.05, 0) is 19.8 Å². The van der Waals surface area contributed by atoms with Crippen LogP contribution in [0, 0.1) is 5.92 Å². The van der Waals surface area contributed by atoms with E-state index in [1.807, 2.05) is 0 Å². The number of hydrogen-bond acceptors (Lipinski definition) is 4. The van der Waals surface area contributed by atoms with Crippen LogP contribution in [0.25, 0.3) is 0 Å². The highest BCUT2D eigenvalue weighted by atomic mass is 16.3. The van der Waals surface area contributed by atoms with Crippen molar-refractivity contribution in [2.45, 2.75) is 58.3 Å². The average molecular weight is 218 g/mol. The van der Waals surface area contributed by atoms with Crippen molar-refractivity contribution in [1.29, 1.82) is 0 Å². The molecule has 0 unspecified atom stereocenters. The van der Waals surface area contributed by atoms with Gasteiger partial charge in [0.2, 0.25) is 0 Å². The standard InChI is InChI=1S/C11H22O4/c1-5-8(12)7(3)10(14)11(4,15)9(13)6-2/h7-9,12-13,15H,5-6H2,1-4H3/t7-,8+,9+,11-/m0/s1. The molecule has 90 valence electrons. The van der Waals surface area contributed by atoms with Crippen molar-refractivity contribution in [2.75, 3.05) is 0 Å². The molecule has 0 fully saturated rings. The van der Waals surface area contributed by atoms with Crippen LogP contribution in [-0.2, 0) is 4.79 Å². The van der Waals surface area contributed by atoms with Gasteiger partial charge in [-0.25, -0.2) is 0 Å². The SMILES string of the molecule is CC[C@@H](O)[C@H](C)C(=O)[C@@](C)(O)[C@H](O)CC. The minimum Gasteiger partial charge on any atom is -0.392 e. The van der Waals surface area contributed by atoms with E-state index < -0.39 is 29.5 Å². The number of ketones is 1. The summed E-state index contributed by atoms with van der Waals surface area (Å²) < 4.78 is 0. The van der Waals surface area contributed by atoms with Gasteiger partial charge >= 0.3 is 0 Å². The summed E-state index contributed by atoms with van der Waals surface area (Å²) in [5, 5.41) is 28.9. The van der Waals surface area contributed by atoms with Crippen LogP contribution in [0.5, 0.6) is 0 Å². The van der Waals surface area contributed by atoms with Gasteiger partial charge in [-0.2, -0.15) is 0 Å². The van der Waals surface area contributed by atoms with E-state index in [2.05, 4.69) is 0 Å². The Balaban J connectivity index is 4.68. The van der Waals surface area contributed by atoms with Gasteiger partial charge in [0.15, 0.2) is 5.78 Å². The Morgan fingerprint density at radius 2 is 1.73 bits per heavy atom. The van der Waals surface area contributed by atoms with Crippen LogP contribution in [0.15, 0.2) is 0 Å². The van der Waals surface area contributed by atoms with E-state index in [-0.39, 0.29) is 0 Å². The lowest BCUT2D eigenvalue weighted by Crippen LogP contribution is -2.50. The highest BCUT2D eigenvalue weighted by Crippen LogP contribution is 2.21. The summed E-state index contributed by atoms with van der Waals surface area (Å²) in [6.07, 6.45) is -1.11. The lowest BCUT2D eigenvalue weighted by molar-refractivity contribution is -0.155. The fourth-order valence-electron chi connectivity index (χ4n) is 1.55. The van der Waals surface area contributed by atoms with Crippen LogP contribution in [0.1, 0.15) is 40.5 Å². The quantitative estimate of drug-likeness (QED) is 0.606. The van der Waals surface area contributed by atoms with Gasteiger partial charge in [-0.1, -0.05) is 20.8 Å². The average Bonchev–Trinajstić information content (AvgIpc) is 2.24. The molecule has 4 heteroatoms. The second-order valence-corrected chi connectivity index (χ2v) is 4.20. The van der Waals surface area contributed by atoms with Crippen LogP contribution in [0.4, 0.5) is 0 Å². The van der Waals surface area contributed by atoms with Crippen molar-refractivity contribution in [2.24, 2.45) is 5.92 Å². The third-order valence-electron chi connectivity index (χ3n) is 2.94. The fraction of sp³-hybridized carbons (Fsp3) is 0.909. The molecule has 0 aliphatic carbocycles. The Bertz CT molecular complexity index is 213. The molecule has 0 amide bonds. The van der Waals surface area contributed by atoms with Crippen LogP contribution in [-0.4, -0.2) is 38.9 Å². The molecule has 0 aromatic heterocycles. The molecule has 0 saturated heterocycles. The Hall–Kier alpha value is -0.450. The van der Waals surface area contributed by atoms with E-state index in [9.17, 15) is 20.1 Å². The van der Waals surface area contributed by atoms with Crippen molar-refractivity contribution in [3.8, 4) is 0 Å². The number of Topliss-reactive ketones (excluding diaryl/α,β-unsaturated/α-hetero) is 1. The van der Waals surface area contributed by atoms with E-state index >= 15 is 0 Å². The fourth-order valence-corrected chi connectivity index (χ4v) is 1.55. The molecule has 4 nitrogen and oxygen atoms in total. The van der Waals surface area contributed by atoms with E-state index in [1.165, 1.54) is 6.92 Å². The lowest BCUT2D eigenvalue weighted by atomic mass is 9.83. The lowest BCUT2D eigenvalue weighted by Gasteiger charge is -2.30. The van der Waals surface area contributed by atoms with E-state index in [0.717, 1.165) is 0 Å². The van der Waals surface area contributed by atoms with Crippen molar-refractivity contribution in [1.82, 2.24) is 0 Å². The van der Waals surface area contributed by atoms with Gasteiger partial charge in [0.05, 0.1) is 12.2 Å². The third-order valence-corrected chi connectivity index (χ3v) is 2.94. The summed E-state index contributed by atoms with van der Waals surface area (Å²) in [7, 11) is 0. The highest BCUT2D eigenvalue weighted by Gasteiger charge is 2.41.